The quantitative estimate of drug-likeness (QED) is 0.645. The van der Waals surface area contributed by atoms with E-state index in [0.717, 1.165) is 11.0 Å². The van der Waals surface area contributed by atoms with Gasteiger partial charge < -0.3 is 0 Å². The highest BCUT2D eigenvalue weighted by molar-refractivity contribution is 7.17. The summed E-state index contributed by atoms with van der Waals surface area (Å²) in [6.45, 7) is 0. The zero-order valence-electron chi connectivity index (χ0n) is 6.69. The summed E-state index contributed by atoms with van der Waals surface area (Å²) in [6.07, 6.45) is 0.776. The SMILES string of the molecule is O=Cc1cccc2c(=O)ccsc12. The fourth-order valence-electron chi connectivity index (χ4n) is 1.23. The van der Waals surface area contributed by atoms with Gasteiger partial charge in [0.05, 0.1) is 0 Å². The second-order valence-electron chi connectivity index (χ2n) is 2.63. The van der Waals surface area contributed by atoms with Crippen molar-refractivity contribution in [3.05, 3.63) is 45.4 Å². The summed E-state index contributed by atoms with van der Waals surface area (Å²) in [5.74, 6) is 0. The Kier molecular flexibility index (Phi) is 1.94. The van der Waals surface area contributed by atoms with Crippen LogP contribution in [0.2, 0.25) is 0 Å². The fraction of sp³-hybridized carbons (Fsp3) is 0. The normalized spacial score (nSPS) is 10.2. The van der Waals surface area contributed by atoms with Crippen molar-refractivity contribution in [3.8, 4) is 0 Å². The Morgan fingerprint density at radius 1 is 1.23 bits per heavy atom. The van der Waals surface area contributed by atoms with E-state index in [-0.39, 0.29) is 5.43 Å². The van der Waals surface area contributed by atoms with Gasteiger partial charge >= 0.3 is 0 Å². The van der Waals surface area contributed by atoms with Gasteiger partial charge in [0, 0.05) is 15.6 Å². The minimum atomic E-state index is -0.0301. The molecule has 0 aliphatic rings. The average Bonchev–Trinajstić information content (AvgIpc) is 2.18. The van der Waals surface area contributed by atoms with Crippen LogP contribution < -0.4 is 5.43 Å². The van der Waals surface area contributed by atoms with Crippen molar-refractivity contribution in [1.82, 2.24) is 0 Å². The molecule has 64 valence electrons. The van der Waals surface area contributed by atoms with E-state index in [4.69, 9.17) is 0 Å². The van der Waals surface area contributed by atoms with E-state index in [2.05, 4.69) is 0 Å². The Balaban J connectivity index is 3.00. The van der Waals surface area contributed by atoms with Gasteiger partial charge in [0.1, 0.15) is 0 Å². The van der Waals surface area contributed by atoms with E-state index >= 15 is 0 Å². The van der Waals surface area contributed by atoms with Gasteiger partial charge in [0.25, 0.3) is 0 Å². The van der Waals surface area contributed by atoms with Crippen LogP contribution in [0.4, 0.5) is 0 Å². The van der Waals surface area contributed by atoms with Crippen LogP contribution in [0.15, 0.2) is 34.4 Å². The fourth-order valence-corrected chi connectivity index (χ4v) is 2.10. The number of benzene rings is 1. The zero-order valence-corrected chi connectivity index (χ0v) is 7.51. The lowest BCUT2D eigenvalue weighted by Gasteiger charge is -1.96. The first-order chi connectivity index (χ1) is 6.33. The largest absolute Gasteiger partial charge is 0.298 e. The molecule has 3 heteroatoms. The third kappa shape index (κ3) is 1.27. The third-order valence-corrected chi connectivity index (χ3v) is 2.81. The first-order valence-electron chi connectivity index (χ1n) is 3.78. The molecule has 0 aliphatic carbocycles. The molecule has 0 radical (unpaired) electrons. The van der Waals surface area contributed by atoms with Crippen molar-refractivity contribution in [3.63, 3.8) is 0 Å². The molecule has 2 nitrogen and oxygen atoms in total. The van der Waals surface area contributed by atoms with Gasteiger partial charge in [-0.3, -0.25) is 9.59 Å². The molecule has 13 heavy (non-hydrogen) atoms. The minimum absolute atomic E-state index is 0.0301. The van der Waals surface area contributed by atoms with Crippen molar-refractivity contribution in [1.29, 1.82) is 0 Å². The van der Waals surface area contributed by atoms with Gasteiger partial charge in [0.2, 0.25) is 0 Å². The Labute approximate surface area is 78.5 Å². The summed E-state index contributed by atoms with van der Waals surface area (Å²) in [5, 5.41) is 2.33. The molecule has 0 N–H and O–H groups in total. The van der Waals surface area contributed by atoms with Crippen molar-refractivity contribution in [2.45, 2.75) is 0 Å². The van der Waals surface area contributed by atoms with Gasteiger partial charge in [-0.2, -0.15) is 0 Å². The Morgan fingerprint density at radius 3 is 2.85 bits per heavy atom. The molecule has 0 saturated heterocycles. The topological polar surface area (TPSA) is 34.1 Å². The maximum Gasteiger partial charge on any atom is 0.188 e. The first-order valence-corrected chi connectivity index (χ1v) is 4.66. The molecule has 0 spiro atoms. The lowest BCUT2D eigenvalue weighted by molar-refractivity contribution is 0.112. The summed E-state index contributed by atoms with van der Waals surface area (Å²) >= 11 is 1.41. The van der Waals surface area contributed by atoms with Crippen molar-refractivity contribution in [2.75, 3.05) is 0 Å². The molecule has 0 unspecified atom stereocenters. The predicted molar refractivity (Wildman–Crippen MR) is 53.5 cm³/mol. The molecule has 0 aliphatic heterocycles. The number of fused-ring (bicyclic) bond motifs is 1. The van der Waals surface area contributed by atoms with Crippen LogP contribution in [0.3, 0.4) is 0 Å². The minimum Gasteiger partial charge on any atom is -0.298 e. The van der Waals surface area contributed by atoms with Crippen LogP contribution in [0.5, 0.6) is 0 Å². The standard InChI is InChI=1S/C10H6O2S/c11-6-7-2-1-3-8-9(12)4-5-13-10(7)8/h1-6H. The summed E-state index contributed by atoms with van der Waals surface area (Å²) in [4.78, 5) is 22.0. The lowest BCUT2D eigenvalue weighted by atomic mass is 10.2. The highest BCUT2D eigenvalue weighted by Gasteiger charge is 2.01. The maximum absolute atomic E-state index is 11.3. The third-order valence-electron chi connectivity index (χ3n) is 1.84. The molecule has 1 aromatic heterocycles. The Bertz CT molecular complexity index is 514. The summed E-state index contributed by atoms with van der Waals surface area (Å²) < 4.78 is 0.769. The summed E-state index contributed by atoms with van der Waals surface area (Å²) in [5.41, 5.74) is 0.553. The molecule has 0 fully saturated rings. The van der Waals surface area contributed by atoms with E-state index in [1.165, 1.54) is 17.4 Å². The van der Waals surface area contributed by atoms with Crippen LogP contribution in [0.25, 0.3) is 10.1 Å². The number of hydrogen-bond acceptors (Lipinski definition) is 3. The monoisotopic (exact) mass is 190 g/mol. The van der Waals surface area contributed by atoms with Gasteiger partial charge in [-0.1, -0.05) is 12.1 Å². The molecule has 1 heterocycles. The number of aldehydes is 1. The molecule has 0 bridgehead atoms. The predicted octanol–water partition coefficient (Wildman–Crippen LogP) is 2.07. The molecule has 2 rings (SSSR count). The van der Waals surface area contributed by atoms with E-state index in [1.54, 1.807) is 23.6 Å². The molecule has 0 saturated carbocycles. The average molecular weight is 190 g/mol. The molecular formula is C10H6O2S. The number of carbonyl (C=O) groups is 1. The van der Waals surface area contributed by atoms with Crippen LogP contribution in [-0.4, -0.2) is 6.29 Å². The number of hydrogen-bond donors (Lipinski definition) is 0. The molecule has 0 amide bonds. The summed E-state index contributed by atoms with van der Waals surface area (Å²) in [7, 11) is 0. The van der Waals surface area contributed by atoms with Crippen LogP contribution in [-0.2, 0) is 0 Å². The van der Waals surface area contributed by atoms with E-state index in [0.29, 0.717) is 10.9 Å². The van der Waals surface area contributed by atoms with Crippen LogP contribution in [0, 0.1) is 0 Å². The van der Waals surface area contributed by atoms with Crippen LogP contribution in [0.1, 0.15) is 10.4 Å². The van der Waals surface area contributed by atoms with Crippen molar-refractivity contribution < 1.29 is 4.79 Å². The van der Waals surface area contributed by atoms with E-state index < -0.39 is 0 Å². The van der Waals surface area contributed by atoms with E-state index in [1.807, 2.05) is 0 Å². The van der Waals surface area contributed by atoms with Crippen molar-refractivity contribution in [2.24, 2.45) is 0 Å². The number of carbonyl (C=O) groups excluding carboxylic acids is 1. The smallest absolute Gasteiger partial charge is 0.188 e. The second-order valence-corrected chi connectivity index (χ2v) is 3.54. The zero-order chi connectivity index (χ0) is 9.26. The molecule has 0 atom stereocenters. The Hall–Kier alpha value is -1.48. The number of rotatable bonds is 1. The van der Waals surface area contributed by atoms with E-state index in [9.17, 15) is 9.59 Å². The Morgan fingerprint density at radius 2 is 2.08 bits per heavy atom. The summed E-state index contributed by atoms with van der Waals surface area (Å²) in [6, 6.07) is 6.69. The highest BCUT2D eigenvalue weighted by Crippen LogP contribution is 2.18. The maximum atomic E-state index is 11.3. The highest BCUT2D eigenvalue weighted by atomic mass is 32.1. The lowest BCUT2D eigenvalue weighted by Crippen LogP contribution is -1.97. The molecular weight excluding hydrogens is 184 g/mol. The van der Waals surface area contributed by atoms with Gasteiger partial charge in [-0.05, 0) is 17.5 Å². The van der Waals surface area contributed by atoms with Crippen molar-refractivity contribution >= 4 is 27.7 Å². The molecule has 2 aromatic rings. The van der Waals surface area contributed by atoms with Crippen LogP contribution >= 0.6 is 11.3 Å². The van der Waals surface area contributed by atoms with Gasteiger partial charge in [0.15, 0.2) is 11.7 Å². The first kappa shape index (κ1) is 8.13. The molecule has 1 aromatic carbocycles. The van der Waals surface area contributed by atoms with Gasteiger partial charge in [-0.25, -0.2) is 0 Å². The second kappa shape index (κ2) is 3.11. The van der Waals surface area contributed by atoms with Gasteiger partial charge in [-0.15, -0.1) is 11.3 Å².